The maximum atomic E-state index is 11.8. The number of carbonyl (C=O) groups is 1. The minimum absolute atomic E-state index is 0. The van der Waals surface area contributed by atoms with E-state index in [9.17, 15) is 4.79 Å². The van der Waals surface area contributed by atoms with Gasteiger partial charge in [0.05, 0.1) is 13.2 Å². The predicted octanol–water partition coefficient (Wildman–Crippen LogP) is 4.36. The highest BCUT2D eigenvalue weighted by atomic mass is 127. The molecule has 0 saturated carbocycles. The molecule has 2 rings (SSSR count). The van der Waals surface area contributed by atoms with Crippen LogP contribution in [-0.2, 0) is 6.54 Å². The van der Waals surface area contributed by atoms with Gasteiger partial charge in [0, 0.05) is 24.8 Å². The number of benzene rings is 2. The van der Waals surface area contributed by atoms with Gasteiger partial charge in [-0.3, -0.25) is 0 Å². The number of anilines is 1. The Bertz CT molecular complexity index is 782. The van der Waals surface area contributed by atoms with Crippen LogP contribution in [0.15, 0.2) is 59.6 Å². The van der Waals surface area contributed by atoms with Crippen molar-refractivity contribution in [2.45, 2.75) is 39.8 Å². The number of amides is 2. The first-order valence-corrected chi connectivity index (χ1v) is 10.4. The fourth-order valence-electron chi connectivity index (χ4n) is 2.62. The minimum Gasteiger partial charge on any atom is -0.494 e. The normalized spacial score (nSPS) is 10.8. The summed E-state index contributed by atoms with van der Waals surface area (Å²) in [7, 11) is 0. The number of para-hydroxylation sites is 1. The largest absolute Gasteiger partial charge is 0.494 e. The third kappa shape index (κ3) is 11.5. The standard InChI is InChI=1S/C23H33N5O2.HI/c1-4-24-22(25-15-8-16-30-21-9-6-5-7-10-21)26-17-19-11-13-20(14-12-19)28-23(29)27-18(2)3;/h5-7,9-14,18H,4,8,15-17H2,1-3H3,(H2,24,25,26)(H2,27,28,29);1H. The van der Waals surface area contributed by atoms with Crippen LogP contribution in [0.2, 0.25) is 0 Å². The van der Waals surface area contributed by atoms with Crippen molar-refractivity contribution in [2.24, 2.45) is 4.99 Å². The Labute approximate surface area is 202 Å². The number of nitrogens with one attached hydrogen (secondary N) is 4. The molecular weight excluding hydrogens is 505 g/mol. The average Bonchev–Trinajstić information content (AvgIpc) is 2.73. The van der Waals surface area contributed by atoms with Crippen LogP contribution >= 0.6 is 24.0 Å². The summed E-state index contributed by atoms with van der Waals surface area (Å²) in [5.74, 6) is 1.66. The lowest BCUT2D eigenvalue weighted by atomic mass is 10.2. The number of ether oxygens (including phenoxy) is 1. The lowest BCUT2D eigenvalue weighted by molar-refractivity contribution is 0.250. The minimum atomic E-state index is -0.203. The molecule has 0 saturated heterocycles. The second-order valence-electron chi connectivity index (χ2n) is 7.09. The summed E-state index contributed by atoms with van der Waals surface area (Å²) in [6.45, 7) is 8.65. The molecule has 4 N–H and O–H groups in total. The van der Waals surface area contributed by atoms with Gasteiger partial charge in [-0.15, -0.1) is 24.0 Å². The molecule has 0 bridgehead atoms. The van der Waals surface area contributed by atoms with Crippen LogP contribution in [0.25, 0.3) is 0 Å². The molecule has 2 amide bonds. The average molecular weight is 539 g/mol. The molecule has 2 aromatic carbocycles. The molecule has 170 valence electrons. The number of rotatable bonds is 10. The maximum Gasteiger partial charge on any atom is 0.319 e. The van der Waals surface area contributed by atoms with Crippen LogP contribution in [0.1, 0.15) is 32.8 Å². The molecule has 0 atom stereocenters. The van der Waals surface area contributed by atoms with E-state index in [2.05, 4.69) is 26.3 Å². The van der Waals surface area contributed by atoms with Gasteiger partial charge >= 0.3 is 6.03 Å². The van der Waals surface area contributed by atoms with E-state index in [-0.39, 0.29) is 36.0 Å². The topological polar surface area (TPSA) is 86.8 Å². The van der Waals surface area contributed by atoms with Gasteiger partial charge in [-0.1, -0.05) is 30.3 Å². The van der Waals surface area contributed by atoms with E-state index in [0.717, 1.165) is 42.5 Å². The number of halogens is 1. The van der Waals surface area contributed by atoms with Crippen molar-refractivity contribution in [1.29, 1.82) is 0 Å². The van der Waals surface area contributed by atoms with Crippen molar-refractivity contribution >= 4 is 41.7 Å². The van der Waals surface area contributed by atoms with Crippen LogP contribution in [0.4, 0.5) is 10.5 Å². The number of nitrogens with zero attached hydrogens (tertiary/aromatic N) is 1. The molecule has 7 nitrogen and oxygen atoms in total. The highest BCUT2D eigenvalue weighted by molar-refractivity contribution is 14.0. The first-order valence-electron chi connectivity index (χ1n) is 10.4. The van der Waals surface area contributed by atoms with E-state index in [1.165, 1.54) is 0 Å². The van der Waals surface area contributed by atoms with Gasteiger partial charge in [-0.25, -0.2) is 9.79 Å². The van der Waals surface area contributed by atoms with Crippen molar-refractivity contribution in [1.82, 2.24) is 16.0 Å². The fraction of sp³-hybridized carbons (Fsp3) is 0.391. The molecule has 0 unspecified atom stereocenters. The van der Waals surface area contributed by atoms with Gasteiger partial charge in [0.25, 0.3) is 0 Å². The molecule has 31 heavy (non-hydrogen) atoms. The van der Waals surface area contributed by atoms with E-state index in [0.29, 0.717) is 13.2 Å². The Morgan fingerprint density at radius 2 is 1.74 bits per heavy atom. The number of carbonyl (C=O) groups excluding carboxylic acids is 1. The second-order valence-corrected chi connectivity index (χ2v) is 7.09. The Hall–Kier alpha value is -2.49. The third-order valence-corrected chi connectivity index (χ3v) is 4.02. The summed E-state index contributed by atoms with van der Waals surface area (Å²) in [6.07, 6.45) is 0.873. The molecule has 0 aliphatic rings. The molecule has 2 aromatic rings. The van der Waals surface area contributed by atoms with E-state index in [4.69, 9.17) is 4.74 Å². The third-order valence-electron chi connectivity index (χ3n) is 4.02. The molecule has 0 heterocycles. The number of hydrogen-bond acceptors (Lipinski definition) is 3. The molecule has 0 aliphatic carbocycles. The Morgan fingerprint density at radius 1 is 1.03 bits per heavy atom. The summed E-state index contributed by atoms with van der Waals surface area (Å²) in [5, 5.41) is 12.2. The van der Waals surface area contributed by atoms with Crippen molar-refractivity contribution in [3.05, 3.63) is 60.2 Å². The quantitative estimate of drug-likeness (QED) is 0.157. The molecule has 0 radical (unpaired) electrons. The number of guanidine groups is 1. The Kier molecular flexibility index (Phi) is 13.1. The van der Waals surface area contributed by atoms with Crippen LogP contribution in [-0.4, -0.2) is 37.7 Å². The summed E-state index contributed by atoms with van der Waals surface area (Å²) in [4.78, 5) is 16.4. The van der Waals surface area contributed by atoms with Crippen molar-refractivity contribution in [2.75, 3.05) is 25.0 Å². The second kappa shape index (κ2) is 15.3. The zero-order valence-electron chi connectivity index (χ0n) is 18.5. The van der Waals surface area contributed by atoms with Gasteiger partial charge in [-0.2, -0.15) is 0 Å². The smallest absolute Gasteiger partial charge is 0.319 e. The fourth-order valence-corrected chi connectivity index (χ4v) is 2.62. The number of urea groups is 1. The van der Waals surface area contributed by atoms with Gasteiger partial charge < -0.3 is 26.0 Å². The van der Waals surface area contributed by atoms with Crippen LogP contribution in [0.3, 0.4) is 0 Å². The van der Waals surface area contributed by atoms with Crippen molar-refractivity contribution in [3.8, 4) is 5.75 Å². The lowest BCUT2D eigenvalue weighted by Crippen LogP contribution is -2.38. The van der Waals surface area contributed by atoms with Crippen LogP contribution in [0, 0.1) is 0 Å². The molecule has 0 aliphatic heterocycles. The highest BCUT2D eigenvalue weighted by Gasteiger charge is 2.03. The molecule has 0 fully saturated rings. The van der Waals surface area contributed by atoms with Crippen LogP contribution in [0.5, 0.6) is 5.75 Å². The first kappa shape index (κ1) is 26.5. The zero-order valence-corrected chi connectivity index (χ0v) is 20.8. The summed E-state index contributed by atoms with van der Waals surface area (Å²) in [6, 6.07) is 17.4. The monoisotopic (exact) mass is 539 g/mol. The summed E-state index contributed by atoms with van der Waals surface area (Å²) in [5.41, 5.74) is 1.82. The lowest BCUT2D eigenvalue weighted by Gasteiger charge is -2.12. The highest BCUT2D eigenvalue weighted by Crippen LogP contribution is 2.10. The van der Waals surface area contributed by atoms with Gasteiger partial charge in [0.1, 0.15) is 5.75 Å². The van der Waals surface area contributed by atoms with Gasteiger partial charge in [0.2, 0.25) is 0 Å². The molecule has 8 heteroatoms. The Balaban J connectivity index is 0.00000480. The van der Waals surface area contributed by atoms with Crippen molar-refractivity contribution < 1.29 is 9.53 Å². The van der Waals surface area contributed by atoms with Gasteiger partial charge in [0.15, 0.2) is 5.96 Å². The summed E-state index contributed by atoms with van der Waals surface area (Å²) < 4.78 is 5.70. The Morgan fingerprint density at radius 3 is 2.39 bits per heavy atom. The van der Waals surface area contributed by atoms with E-state index in [1.807, 2.05) is 75.4 Å². The van der Waals surface area contributed by atoms with Crippen molar-refractivity contribution in [3.63, 3.8) is 0 Å². The maximum absolute atomic E-state index is 11.8. The van der Waals surface area contributed by atoms with E-state index < -0.39 is 0 Å². The SMILES string of the molecule is CCNC(=NCc1ccc(NC(=O)NC(C)C)cc1)NCCCOc1ccccc1.I. The van der Waals surface area contributed by atoms with Gasteiger partial charge in [-0.05, 0) is 57.0 Å². The predicted molar refractivity (Wildman–Crippen MR) is 139 cm³/mol. The molecule has 0 aromatic heterocycles. The molecule has 0 spiro atoms. The zero-order chi connectivity index (χ0) is 21.6. The number of aliphatic imine (C=N–C) groups is 1. The van der Waals surface area contributed by atoms with E-state index in [1.54, 1.807) is 0 Å². The van der Waals surface area contributed by atoms with Crippen LogP contribution < -0.4 is 26.0 Å². The molecular formula is C23H34IN5O2. The first-order chi connectivity index (χ1) is 14.6. The van der Waals surface area contributed by atoms with E-state index >= 15 is 0 Å². The number of hydrogen-bond donors (Lipinski definition) is 4. The summed E-state index contributed by atoms with van der Waals surface area (Å²) >= 11 is 0.